The number of ether oxygens (including phenoxy) is 1. The third-order valence-corrected chi connectivity index (χ3v) is 3.60. The minimum atomic E-state index is -0.350. The van der Waals surface area contributed by atoms with Gasteiger partial charge in [0.25, 0.3) is 0 Å². The van der Waals surface area contributed by atoms with Crippen LogP contribution in [0.5, 0.6) is 0 Å². The van der Waals surface area contributed by atoms with Crippen LogP contribution >= 0.6 is 11.6 Å². The molecule has 0 unspecified atom stereocenters. The quantitative estimate of drug-likeness (QED) is 0.805. The monoisotopic (exact) mass is 302 g/mol. The zero-order chi connectivity index (χ0) is 14.8. The van der Waals surface area contributed by atoms with Gasteiger partial charge in [0.2, 0.25) is 0 Å². The molecule has 0 aliphatic heterocycles. The summed E-state index contributed by atoms with van der Waals surface area (Å²) in [6.07, 6.45) is 3.67. The number of benzene rings is 1. The van der Waals surface area contributed by atoms with Crippen molar-refractivity contribution in [1.29, 1.82) is 0 Å². The summed E-state index contributed by atoms with van der Waals surface area (Å²) in [6, 6.07) is 7.39. The van der Waals surface area contributed by atoms with Gasteiger partial charge in [-0.05, 0) is 31.9 Å². The summed E-state index contributed by atoms with van der Waals surface area (Å²) in [7, 11) is 0. The van der Waals surface area contributed by atoms with Crippen molar-refractivity contribution in [2.24, 2.45) is 0 Å². The van der Waals surface area contributed by atoms with Crippen molar-refractivity contribution in [3.63, 3.8) is 0 Å². The van der Waals surface area contributed by atoms with Gasteiger partial charge >= 0.3 is 5.97 Å². The van der Waals surface area contributed by atoms with Crippen molar-refractivity contribution >= 4 is 17.6 Å². The van der Waals surface area contributed by atoms with E-state index in [2.05, 4.69) is 9.97 Å². The molecule has 1 heterocycles. The van der Waals surface area contributed by atoms with Crippen LogP contribution in [0.2, 0.25) is 5.02 Å². The first-order chi connectivity index (χ1) is 10.2. The van der Waals surface area contributed by atoms with Gasteiger partial charge in [-0.1, -0.05) is 23.7 Å². The van der Waals surface area contributed by atoms with E-state index < -0.39 is 0 Å². The molecule has 1 aliphatic rings. The highest BCUT2D eigenvalue weighted by Crippen LogP contribution is 2.41. The minimum Gasteiger partial charge on any atom is -0.462 e. The first-order valence-corrected chi connectivity index (χ1v) is 7.37. The predicted octanol–water partition coefficient (Wildman–Crippen LogP) is 3.85. The molecule has 0 amide bonds. The molecule has 1 fully saturated rings. The number of halogens is 1. The number of hydrogen-bond donors (Lipinski definition) is 0. The van der Waals surface area contributed by atoms with Crippen LogP contribution in [0.15, 0.2) is 30.5 Å². The molecule has 3 rings (SSSR count). The molecule has 108 valence electrons. The lowest BCUT2D eigenvalue weighted by Crippen LogP contribution is -2.11. The summed E-state index contributed by atoms with van der Waals surface area (Å²) in [5, 5.41) is 0.638. The molecule has 0 radical (unpaired) electrons. The molecule has 1 aliphatic carbocycles. The summed E-state index contributed by atoms with van der Waals surface area (Å²) in [6.45, 7) is 2.13. The molecule has 5 heteroatoms. The van der Waals surface area contributed by atoms with Crippen molar-refractivity contribution in [1.82, 2.24) is 9.97 Å². The second kappa shape index (κ2) is 5.82. The lowest BCUT2D eigenvalue weighted by atomic mass is 10.1. The fraction of sp³-hybridized carbons (Fsp3) is 0.312. The first kappa shape index (κ1) is 14.0. The van der Waals surface area contributed by atoms with Crippen molar-refractivity contribution in [3.05, 3.63) is 46.7 Å². The van der Waals surface area contributed by atoms with E-state index in [0.29, 0.717) is 28.9 Å². The molecule has 4 nitrogen and oxygen atoms in total. The molecular formula is C16H15ClN2O2. The molecule has 0 N–H and O–H groups in total. The number of aromatic nitrogens is 2. The van der Waals surface area contributed by atoms with Crippen molar-refractivity contribution < 1.29 is 9.53 Å². The Balaban J connectivity index is 2.01. The number of nitrogens with zero attached hydrogens (tertiary/aromatic N) is 2. The van der Waals surface area contributed by atoms with Gasteiger partial charge in [-0.3, -0.25) is 0 Å². The van der Waals surface area contributed by atoms with E-state index in [-0.39, 0.29) is 5.97 Å². The molecule has 0 spiro atoms. The molecule has 0 atom stereocenters. The highest BCUT2D eigenvalue weighted by molar-refractivity contribution is 6.30. The van der Waals surface area contributed by atoms with Crippen LogP contribution in [0.3, 0.4) is 0 Å². The van der Waals surface area contributed by atoms with E-state index in [1.54, 1.807) is 19.2 Å². The van der Waals surface area contributed by atoms with Gasteiger partial charge in [-0.25, -0.2) is 14.8 Å². The third kappa shape index (κ3) is 3.05. The summed E-state index contributed by atoms with van der Waals surface area (Å²) in [4.78, 5) is 20.8. The molecule has 1 saturated carbocycles. The van der Waals surface area contributed by atoms with Gasteiger partial charge in [-0.2, -0.15) is 0 Å². The number of carbonyl (C=O) groups excluding carboxylic acids is 1. The smallest absolute Gasteiger partial charge is 0.341 e. The summed E-state index contributed by atoms with van der Waals surface area (Å²) >= 11 is 6.00. The minimum absolute atomic E-state index is 0.338. The number of hydrogen-bond acceptors (Lipinski definition) is 4. The standard InChI is InChI=1S/C16H15ClN2O2/c1-2-21-16(20)13-9-18-15(19-14(13)10-6-7-10)11-4-3-5-12(17)8-11/h3-5,8-10H,2,6-7H2,1H3. The van der Waals surface area contributed by atoms with E-state index in [1.165, 1.54) is 0 Å². The van der Waals surface area contributed by atoms with Gasteiger partial charge in [0.1, 0.15) is 0 Å². The lowest BCUT2D eigenvalue weighted by molar-refractivity contribution is 0.0524. The van der Waals surface area contributed by atoms with Crippen LogP contribution < -0.4 is 0 Å². The van der Waals surface area contributed by atoms with Crippen LogP contribution in [0.25, 0.3) is 11.4 Å². The van der Waals surface area contributed by atoms with Crippen LogP contribution in [-0.4, -0.2) is 22.5 Å². The second-order valence-electron chi connectivity index (χ2n) is 5.00. The summed E-state index contributed by atoms with van der Waals surface area (Å²) < 4.78 is 5.07. The molecule has 0 saturated heterocycles. The number of carbonyl (C=O) groups is 1. The fourth-order valence-electron chi connectivity index (χ4n) is 2.20. The van der Waals surface area contributed by atoms with Crippen molar-refractivity contribution in [2.75, 3.05) is 6.61 Å². The SMILES string of the molecule is CCOC(=O)c1cnc(-c2cccc(Cl)c2)nc1C1CC1. The third-order valence-electron chi connectivity index (χ3n) is 3.36. The Bertz CT molecular complexity index is 684. The number of rotatable bonds is 4. The highest BCUT2D eigenvalue weighted by atomic mass is 35.5. The Labute approximate surface area is 128 Å². The number of esters is 1. The average Bonchev–Trinajstić information content (AvgIpc) is 3.31. The second-order valence-corrected chi connectivity index (χ2v) is 5.43. The molecule has 21 heavy (non-hydrogen) atoms. The molecular weight excluding hydrogens is 288 g/mol. The Morgan fingerprint density at radius 1 is 1.43 bits per heavy atom. The first-order valence-electron chi connectivity index (χ1n) is 6.99. The molecule has 2 aromatic rings. The lowest BCUT2D eigenvalue weighted by Gasteiger charge is -2.09. The van der Waals surface area contributed by atoms with E-state index >= 15 is 0 Å². The van der Waals surface area contributed by atoms with Gasteiger partial charge in [0.05, 0.1) is 17.9 Å². The maximum absolute atomic E-state index is 12.0. The maximum atomic E-state index is 12.0. The van der Waals surface area contributed by atoms with E-state index in [9.17, 15) is 4.79 Å². The zero-order valence-electron chi connectivity index (χ0n) is 11.7. The topological polar surface area (TPSA) is 52.1 Å². The summed E-state index contributed by atoms with van der Waals surface area (Å²) in [5.41, 5.74) is 2.11. The normalized spacial score (nSPS) is 14.0. The Hall–Kier alpha value is -1.94. The van der Waals surface area contributed by atoms with Crippen LogP contribution in [0, 0.1) is 0 Å². The van der Waals surface area contributed by atoms with E-state index in [0.717, 1.165) is 24.1 Å². The fourth-order valence-corrected chi connectivity index (χ4v) is 2.39. The maximum Gasteiger partial charge on any atom is 0.341 e. The molecule has 1 aromatic heterocycles. The summed E-state index contributed by atoms with van der Waals surface area (Å²) in [5.74, 6) is 0.579. The molecule has 0 bridgehead atoms. The van der Waals surface area contributed by atoms with Crippen LogP contribution in [0.1, 0.15) is 41.7 Å². The Morgan fingerprint density at radius 2 is 2.24 bits per heavy atom. The van der Waals surface area contributed by atoms with E-state index in [1.807, 2.05) is 18.2 Å². The zero-order valence-corrected chi connectivity index (χ0v) is 12.4. The van der Waals surface area contributed by atoms with Crippen LogP contribution in [-0.2, 0) is 4.74 Å². The van der Waals surface area contributed by atoms with Crippen LogP contribution in [0.4, 0.5) is 0 Å². The van der Waals surface area contributed by atoms with Crippen molar-refractivity contribution in [2.45, 2.75) is 25.7 Å². The van der Waals surface area contributed by atoms with Crippen molar-refractivity contribution in [3.8, 4) is 11.4 Å². The van der Waals surface area contributed by atoms with Gasteiger partial charge in [0.15, 0.2) is 5.82 Å². The van der Waals surface area contributed by atoms with E-state index in [4.69, 9.17) is 16.3 Å². The highest BCUT2D eigenvalue weighted by Gasteiger charge is 2.31. The molecule has 1 aromatic carbocycles. The average molecular weight is 303 g/mol. The van der Waals surface area contributed by atoms with Gasteiger partial charge in [-0.15, -0.1) is 0 Å². The predicted molar refractivity (Wildman–Crippen MR) is 80.4 cm³/mol. The Kier molecular flexibility index (Phi) is 3.88. The largest absolute Gasteiger partial charge is 0.462 e. The Morgan fingerprint density at radius 3 is 2.90 bits per heavy atom. The van der Waals surface area contributed by atoms with Gasteiger partial charge < -0.3 is 4.74 Å². The van der Waals surface area contributed by atoms with Gasteiger partial charge in [0, 0.05) is 22.7 Å².